The summed E-state index contributed by atoms with van der Waals surface area (Å²) >= 11 is 0. The van der Waals surface area contributed by atoms with Crippen molar-refractivity contribution in [3.63, 3.8) is 0 Å². The van der Waals surface area contributed by atoms with Crippen LogP contribution in [-0.4, -0.2) is 41.3 Å². The van der Waals surface area contributed by atoms with E-state index in [1.54, 1.807) is 0 Å². The van der Waals surface area contributed by atoms with E-state index >= 15 is 0 Å². The molecule has 106 valence electrons. The Kier molecular flexibility index (Phi) is 4.02. The van der Waals surface area contributed by atoms with Crippen molar-refractivity contribution in [2.75, 3.05) is 19.7 Å². The molecule has 1 N–H and O–H groups in total. The van der Waals surface area contributed by atoms with Crippen molar-refractivity contribution in [2.45, 2.75) is 19.1 Å². The van der Waals surface area contributed by atoms with Crippen LogP contribution in [0.5, 0.6) is 0 Å². The quantitative estimate of drug-likeness (QED) is 0.880. The van der Waals surface area contributed by atoms with Crippen molar-refractivity contribution >= 4 is 5.97 Å². The molecule has 6 heteroatoms. The van der Waals surface area contributed by atoms with E-state index in [0.29, 0.717) is 30.8 Å². The minimum absolute atomic E-state index is 0.326. The van der Waals surface area contributed by atoms with Gasteiger partial charge in [0.1, 0.15) is 12.4 Å². The summed E-state index contributed by atoms with van der Waals surface area (Å²) in [6, 6.07) is 6.11. The number of carbonyl (C=O) groups is 1. The third-order valence-electron chi connectivity index (χ3n) is 3.24. The lowest BCUT2D eigenvalue weighted by molar-refractivity contribution is -0.165. The molecule has 20 heavy (non-hydrogen) atoms. The third-order valence-corrected chi connectivity index (χ3v) is 3.24. The van der Waals surface area contributed by atoms with Gasteiger partial charge in [-0.1, -0.05) is 0 Å². The predicted octanol–water partition coefficient (Wildman–Crippen LogP) is 1.37. The van der Waals surface area contributed by atoms with E-state index in [9.17, 15) is 9.18 Å². The first-order valence-electron chi connectivity index (χ1n) is 6.18. The first-order valence-corrected chi connectivity index (χ1v) is 6.18. The number of aliphatic carboxylic acids is 1. The van der Waals surface area contributed by atoms with Crippen LogP contribution in [0.2, 0.25) is 0 Å². The predicted molar refractivity (Wildman–Crippen MR) is 68.4 cm³/mol. The maximum atomic E-state index is 13.2. The van der Waals surface area contributed by atoms with Crippen LogP contribution in [0.25, 0.3) is 0 Å². The Labute approximate surface area is 116 Å². The smallest absolute Gasteiger partial charge is 0.329 e. The Morgan fingerprint density at radius 3 is 2.90 bits per heavy atom. The molecule has 0 aromatic heterocycles. The van der Waals surface area contributed by atoms with E-state index in [1.165, 1.54) is 18.2 Å². The van der Waals surface area contributed by atoms with Gasteiger partial charge in [-0.05, 0) is 30.7 Å². The van der Waals surface area contributed by atoms with E-state index in [0.717, 1.165) is 0 Å². The van der Waals surface area contributed by atoms with E-state index in [4.69, 9.17) is 15.1 Å². The Hall–Kier alpha value is -1.97. The zero-order valence-corrected chi connectivity index (χ0v) is 11.1. The highest BCUT2D eigenvalue weighted by molar-refractivity contribution is 5.68. The average Bonchev–Trinajstić information content (AvgIpc) is 2.35. The van der Waals surface area contributed by atoms with Crippen LogP contribution in [0.15, 0.2) is 18.2 Å². The summed E-state index contributed by atoms with van der Waals surface area (Å²) in [5.74, 6) is -1.37. The molecule has 5 nitrogen and oxygen atoms in total. The van der Waals surface area contributed by atoms with Crippen LogP contribution in [0.3, 0.4) is 0 Å². The normalized spacial score (nSPS) is 17.2. The Morgan fingerprint density at radius 2 is 2.30 bits per heavy atom. The van der Waals surface area contributed by atoms with Gasteiger partial charge >= 0.3 is 5.97 Å². The van der Waals surface area contributed by atoms with Gasteiger partial charge in [0.05, 0.1) is 17.2 Å². The number of nitrogens with zero attached hydrogens (tertiary/aromatic N) is 2. The lowest BCUT2D eigenvalue weighted by Gasteiger charge is -2.47. The number of ether oxygens (including phenoxy) is 1. The number of rotatable bonds is 5. The molecule has 2 rings (SSSR count). The van der Waals surface area contributed by atoms with Gasteiger partial charge in [-0.15, -0.1) is 0 Å². The lowest BCUT2D eigenvalue weighted by Crippen LogP contribution is -2.61. The average molecular weight is 278 g/mol. The fourth-order valence-electron chi connectivity index (χ4n) is 2.38. The van der Waals surface area contributed by atoms with Gasteiger partial charge in [-0.3, -0.25) is 4.90 Å². The van der Waals surface area contributed by atoms with E-state index in [1.807, 2.05) is 17.9 Å². The molecular formula is C14H15FN2O3. The molecule has 1 aromatic carbocycles. The number of hydrogen-bond acceptors (Lipinski definition) is 4. The fourth-order valence-corrected chi connectivity index (χ4v) is 2.38. The SMILES string of the molecule is CC1(OCC(=O)O)CN(Cc2cc(F)ccc2C#N)C1. The van der Waals surface area contributed by atoms with Crippen molar-refractivity contribution in [1.29, 1.82) is 5.26 Å². The van der Waals surface area contributed by atoms with Crippen molar-refractivity contribution in [3.8, 4) is 6.07 Å². The van der Waals surface area contributed by atoms with Crippen molar-refractivity contribution < 1.29 is 19.0 Å². The summed E-state index contributed by atoms with van der Waals surface area (Å²) in [7, 11) is 0. The standard InChI is InChI=1S/C14H15FN2O3/c1-14(20-7-13(18)19)8-17(9-14)6-11-4-12(15)3-2-10(11)5-16/h2-4H,6-9H2,1H3,(H,18,19). The van der Waals surface area contributed by atoms with Gasteiger partial charge in [0.2, 0.25) is 0 Å². The summed E-state index contributed by atoms with van der Waals surface area (Å²) in [4.78, 5) is 12.4. The zero-order valence-electron chi connectivity index (χ0n) is 11.1. The number of benzene rings is 1. The van der Waals surface area contributed by atoms with Gasteiger partial charge in [0.25, 0.3) is 0 Å². The first kappa shape index (κ1) is 14.4. The summed E-state index contributed by atoms with van der Waals surface area (Å²) < 4.78 is 18.5. The minimum Gasteiger partial charge on any atom is -0.480 e. The number of carboxylic acids is 1. The molecule has 1 aliphatic rings. The maximum Gasteiger partial charge on any atom is 0.329 e. The number of hydrogen-bond donors (Lipinski definition) is 1. The van der Waals surface area contributed by atoms with Crippen molar-refractivity contribution in [1.82, 2.24) is 4.90 Å². The second-order valence-electron chi connectivity index (χ2n) is 5.19. The van der Waals surface area contributed by atoms with Crippen LogP contribution in [0, 0.1) is 17.1 Å². The largest absolute Gasteiger partial charge is 0.480 e. The number of nitriles is 1. The van der Waals surface area contributed by atoms with E-state index < -0.39 is 11.6 Å². The molecule has 0 radical (unpaired) electrons. The topological polar surface area (TPSA) is 73.6 Å². The molecule has 1 aliphatic heterocycles. The second kappa shape index (κ2) is 5.57. The minimum atomic E-state index is -0.999. The molecule has 0 atom stereocenters. The second-order valence-corrected chi connectivity index (χ2v) is 5.19. The Bertz CT molecular complexity index is 562. The molecular weight excluding hydrogens is 263 g/mol. The summed E-state index contributed by atoms with van der Waals surface area (Å²) in [5, 5.41) is 17.6. The van der Waals surface area contributed by atoms with Crippen molar-refractivity contribution in [3.05, 3.63) is 35.1 Å². The molecule has 1 saturated heterocycles. The third kappa shape index (κ3) is 3.32. The van der Waals surface area contributed by atoms with E-state index in [-0.39, 0.29) is 12.4 Å². The van der Waals surface area contributed by atoms with Gasteiger partial charge in [0, 0.05) is 19.6 Å². The highest BCUT2D eigenvalue weighted by Crippen LogP contribution is 2.27. The number of likely N-dealkylation sites (tertiary alicyclic amines) is 1. The van der Waals surface area contributed by atoms with Crippen LogP contribution >= 0.6 is 0 Å². The molecule has 0 saturated carbocycles. The lowest BCUT2D eigenvalue weighted by atomic mass is 9.95. The zero-order chi connectivity index (χ0) is 14.8. The Balaban J connectivity index is 1.93. The van der Waals surface area contributed by atoms with Gasteiger partial charge in [-0.25, -0.2) is 9.18 Å². The van der Waals surface area contributed by atoms with Crippen LogP contribution in [0.1, 0.15) is 18.1 Å². The summed E-state index contributed by atoms with van der Waals surface area (Å²) in [6.45, 7) is 3.08. The van der Waals surface area contributed by atoms with Crippen molar-refractivity contribution in [2.24, 2.45) is 0 Å². The molecule has 1 fully saturated rings. The maximum absolute atomic E-state index is 13.2. The molecule has 0 amide bonds. The van der Waals surface area contributed by atoms with Gasteiger partial charge in [0.15, 0.2) is 0 Å². The number of halogens is 1. The van der Waals surface area contributed by atoms with Crippen LogP contribution in [-0.2, 0) is 16.1 Å². The molecule has 0 unspecified atom stereocenters. The van der Waals surface area contributed by atoms with Crippen LogP contribution in [0.4, 0.5) is 4.39 Å². The highest BCUT2D eigenvalue weighted by Gasteiger charge is 2.40. The summed E-state index contributed by atoms with van der Waals surface area (Å²) in [5.41, 5.74) is 0.595. The number of carboxylic acid groups (broad SMARTS) is 1. The van der Waals surface area contributed by atoms with Gasteiger partial charge < -0.3 is 9.84 Å². The van der Waals surface area contributed by atoms with Crippen LogP contribution < -0.4 is 0 Å². The highest BCUT2D eigenvalue weighted by atomic mass is 19.1. The Morgan fingerprint density at radius 1 is 1.60 bits per heavy atom. The summed E-state index contributed by atoms with van der Waals surface area (Å²) in [6.07, 6.45) is 0. The molecule has 0 spiro atoms. The first-order chi connectivity index (χ1) is 9.42. The molecule has 0 aliphatic carbocycles. The van der Waals surface area contributed by atoms with E-state index in [2.05, 4.69) is 0 Å². The van der Waals surface area contributed by atoms with Gasteiger partial charge in [-0.2, -0.15) is 5.26 Å². The monoisotopic (exact) mass is 278 g/mol. The fraction of sp³-hybridized carbons (Fsp3) is 0.429. The molecule has 1 aromatic rings. The molecule has 1 heterocycles. The molecule has 0 bridgehead atoms.